The summed E-state index contributed by atoms with van der Waals surface area (Å²) in [6, 6.07) is 9.80. The van der Waals surface area contributed by atoms with Crippen LogP contribution in [0.25, 0.3) is 0 Å². The van der Waals surface area contributed by atoms with Crippen LogP contribution in [0.2, 0.25) is 0 Å². The van der Waals surface area contributed by atoms with Gasteiger partial charge in [-0.3, -0.25) is 4.79 Å². The van der Waals surface area contributed by atoms with Crippen molar-refractivity contribution in [1.29, 1.82) is 0 Å². The molecule has 0 saturated carbocycles. The fourth-order valence-electron chi connectivity index (χ4n) is 0.662. The standard InChI is InChI=1S/C8H8OS2/c9-8(10)6-11-7-4-2-1-3-5-7/h1-5H,6H2,(H,9,10). The van der Waals surface area contributed by atoms with Crippen LogP contribution in [0.3, 0.4) is 0 Å². The second-order valence-corrected chi connectivity index (χ2v) is 3.54. The molecule has 0 aromatic heterocycles. The normalized spacial score (nSPS) is 9.55. The van der Waals surface area contributed by atoms with Gasteiger partial charge >= 0.3 is 0 Å². The van der Waals surface area contributed by atoms with Crippen LogP contribution < -0.4 is 0 Å². The molecule has 1 rings (SSSR count). The van der Waals surface area contributed by atoms with Gasteiger partial charge in [0.05, 0.1) is 5.75 Å². The first-order valence-electron chi connectivity index (χ1n) is 3.18. The van der Waals surface area contributed by atoms with Crippen LogP contribution >= 0.6 is 24.4 Å². The van der Waals surface area contributed by atoms with Crippen LogP contribution in [0.4, 0.5) is 0 Å². The Bertz CT molecular complexity index is 233. The Morgan fingerprint density at radius 3 is 2.55 bits per heavy atom. The first-order valence-corrected chi connectivity index (χ1v) is 4.62. The van der Waals surface area contributed by atoms with Crippen LogP contribution in [0.15, 0.2) is 35.2 Å². The molecular weight excluding hydrogens is 176 g/mol. The maximum Gasteiger partial charge on any atom is 0.196 e. The molecule has 0 amide bonds. The molecule has 0 bridgehead atoms. The monoisotopic (exact) mass is 184 g/mol. The van der Waals surface area contributed by atoms with Gasteiger partial charge in [-0.15, -0.1) is 24.4 Å². The Labute approximate surface area is 75.6 Å². The fraction of sp³-hybridized carbons (Fsp3) is 0.125. The molecule has 1 nitrogen and oxygen atoms in total. The molecule has 3 heteroatoms. The highest BCUT2D eigenvalue weighted by molar-refractivity contribution is 8.04. The van der Waals surface area contributed by atoms with Crippen molar-refractivity contribution in [3.05, 3.63) is 30.3 Å². The van der Waals surface area contributed by atoms with E-state index in [9.17, 15) is 4.79 Å². The molecule has 0 saturated heterocycles. The summed E-state index contributed by atoms with van der Waals surface area (Å²) in [4.78, 5) is 11.6. The maximum atomic E-state index is 10.5. The van der Waals surface area contributed by atoms with Gasteiger partial charge < -0.3 is 0 Å². The number of rotatable bonds is 3. The highest BCUT2D eigenvalue weighted by Crippen LogP contribution is 2.16. The van der Waals surface area contributed by atoms with Gasteiger partial charge in [0, 0.05) is 4.90 Å². The molecule has 0 atom stereocenters. The third kappa shape index (κ3) is 3.49. The average molecular weight is 184 g/mol. The number of benzene rings is 1. The second kappa shape index (κ2) is 4.46. The van der Waals surface area contributed by atoms with E-state index in [1.807, 2.05) is 30.3 Å². The molecule has 0 N–H and O–H groups in total. The minimum Gasteiger partial charge on any atom is -0.287 e. The van der Waals surface area contributed by atoms with Gasteiger partial charge in [0.15, 0.2) is 5.12 Å². The van der Waals surface area contributed by atoms with Crippen LogP contribution in [0, 0.1) is 0 Å². The van der Waals surface area contributed by atoms with E-state index in [4.69, 9.17) is 0 Å². The smallest absolute Gasteiger partial charge is 0.196 e. The molecule has 0 aliphatic rings. The SMILES string of the molecule is O=C(S)CSc1ccccc1. The van der Waals surface area contributed by atoms with Crippen molar-refractivity contribution in [2.75, 3.05) is 5.75 Å². The van der Waals surface area contributed by atoms with Crippen molar-refractivity contribution < 1.29 is 4.79 Å². The topological polar surface area (TPSA) is 17.1 Å². The molecular formula is C8H8OS2. The summed E-state index contributed by atoms with van der Waals surface area (Å²) >= 11 is 5.17. The number of hydrogen-bond acceptors (Lipinski definition) is 2. The highest BCUT2D eigenvalue weighted by atomic mass is 32.2. The van der Waals surface area contributed by atoms with E-state index in [-0.39, 0.29) is 5.12 Å². The van der Waals surface area contributed by atoms with Crippen LogP contribution in [-0.2, 0) is 4.79 Å². The lowest BCUT2D eigenvalue weighted by atomic mass is 10.4. The van der Waals surface area contributed by atoms with E-state index in [1.54, 1.807) is 0 Å². The summed E-state index contributed by atoms with van der Waals surface area (Å²) in [5.41, 5.74) is 0. The minimum absolute atomic E-state index is 0.0844. The van der Waals surface area contributed by atoms with Crippen LogP contribution in [-0.4, -0.2) is 10.9 Å². The van der Waals surface area contributed by atoms with Crippen molar-refractivity contribution in [1.82, 2.24) is 0 Å². The van der Waals surface area contributed by atoms with Crippen molar-refractivity contribution in [2.45, 2.75) is 4.90 Å². The highest BCUT2D eigenvalue weighted by Gasteiger charge is 1.95. The molecule has 58 valence electrons. The Morgan fingerprint density at radius 1 is 1.36 bits per heavy atom. The van der Waals surface area contributed by atoms with Crippen LogP contribution in [0.1, 0.15) is 0 Å². The Morgan fingerprint density at radius 2 is 2.00 bits per heavy atom. The summed E-state index contributed by atoms with van der Waals surface area (Å²) in [5.74, 6) is 0.438. The van der Waals surface area contributed by atoms with Crippen molar-refractivity contribution in [3.8, 4) is 0 Å². The summed E-state index contributed by atoms with van der Waals surface area (Å²) < 4.78 is 0. The number of hydrogen-bond donors (Lipinski definition) is 1. The Hall–Kier alpha value is -0.410. The zero-order chi connectivity index (χ0) is 8.10. The van der Waals surface area contributed by atoms with Gasteiger partial charge in [0.2, 0.25) is 0 Å². The van der Waals surface area contributed by atoms with Gasteiger partial charge in [-0.2, -0.15) is 0 Å². The lowest BCUT2D eigenvalue weighted by molar-refractivity contribution is -0.108. The summed E-state index contributed by atoms with van der Waals surface area (Å²) in [7, 11) is 0. The van der Waals surface area contributed by atoms with Crippen molar-refractivity contribution in [3.63, 3.8) is 0 Å². The Kier molecular flexibility index (Phi) is 3.52. The molecule has 0 aliphatic heterocycles. The maximum absolute atomic E-state index is 10.5. The molecule has 0 fully saturated rings. The van der Waals surface area contributed by atoms with Gasteiger partial charge in [-0.05, 0) is 12.1 Å². The van der Waals surface area contributed by atoms with Crippen molar-refractivity contribution >= 4 is 29.5 Å². The van der Waals surface area contributed by atoms with Crippen LogP contribution in [0.5, 0.6) is 0 Å². The predicted octanol–water partition coefficient (Wildman–Crippen LogP) is 2.24. The van der Waals surface area contributed by atoms with E-state index in [0.717, 1.165) is 4.90 Å². The molecule has 0 spiro atoms. The van der Waals surface area contributed by atoms with Crippen molar-refractivity contribution in [2.24, 2.45) is 0 Å². The third-order valence-corrected chi connectivity index (χ3v) is 2.49. The summed E-state index contributed by atoms with van der Waals surface area (Å²) in [5, 5.41) is -0.0844. The van der Waals surface area contributed by atoms with E-state index >= 15 is 0 Å². The zero-order valence-corrected chi connectivity index (χ0v) is 7.57. The number of carbonyl (C=O) groups excluding carboxylic acids is 1. The largest absolute Gasteiger partial charge is 0.287 e. The number of thioether (sulfide) groups is 1. The molecule has 0 radical (unpaired) electrons. The molecule has 11 heavy (non-hydrogen) atoms. The van der Waals surface area contributed by atoms with Gasteiger partial charge in [-0.1, -0.05) is 18.2 Å². The van der Waals surface area contributed by atoms with E-state index in [2.05, 4.69) is 12.6 Å². The molecule has 1 aromatic carbocycles. The summed E-state index contributed by atoms with van der Waals surface area (Å²) in [6.07, 6.45) is 0. The quantitative estimate of drug-likeness (QED) is 0.573. The van der Waals surface area contributed by atoms with E-state index < -0.39 is 0 Å². The lowest BCUT2D eigenvalue weighted by Crippen LogP contribution is -1.88. The number of thiol groups is 1. The number of carbonyl (C=O) groups is 1. The van der Waals surface area contributed by atoms with Gasteiger partial charge in [0.25, 0.3) is 0 Å². The predicted molar refractivity (Wildman–Crippen MR) is 51.2 cm³/mol. The van der Waals surface area contributed by atoms with Gasteiger partial charge in [0.1, 0.15) is 0 Å². The summed E-state index contributed by atoms with van der Waals surface area (Å²) in [6.45, 7) is 0. The second-order valence-electron chi connectivity index (χ2n) is 2.00. The fourth-order valence-corrected chi connectivity index (χ4v) is 1.50. The van der Waals surface area contributed by atoms with E-state index in [0.29, 0.717) is 5.75 Å². The molecule has 0 aliphatic carbocycles. The van der Waals surface area contributed by atoms with Gasteiger partial charge in [-0.25, -0.2) is 0 Å². The molecule has 1 aromatic rings. The third-order valence-electron chi connectivity index (χ3n) is 1.11. The molecule has 0 heterocycles. The average Bonchev–Trinajstić information content (AvgIpc) is 2.03. The van der Waals surface area contributed by atoms with E-state index in [1.165, 1.54) is 11.8 Å². The zero-order valence-electron chi connectivity index (χ0n) is 5.86. The molecule has 0 unspecified atom stereocenters. The lowest BCUT2D eigenvalue weighted by Gasteiger charge is -1.95. The Balaban J connectivity index is 2.45. The first-order chi connectivity index (χ1) is 5.29. The minimum atomic E-state index is -0.0844. The first kappa shape index (κ1) is 8.68.